The lowest BCUT2D eigenvalue weighted by atomic mass is 9.94. The molecule has 0 aliphatic rings. The van der Waals surface area contributed by atoms with Gasteiger partial charge in [-0.05, 0) is 55.2 Å². The number of ether oxygens (including phenoxy) is 1. The molecule has 0 amide bonds. The van der Waals surface area contributed by atoms with Crippen LogP contribution in [0.5, 0.6) is 5.75 Å². The molecule has 124 valence electrons. The standard InChI is InChI=1S/C22H22O.H2S/c1-22(2,3)23-19-13-9-12-18(16-19)21-15-8-7-14-20(21)17-10-5-4-6-11-17;/h4-16H,1-3H3;1H2. The third-order valence-corrected chi connectivity index (χ3v) is 3.58. The molecule has 0 unspecified atom stereocenters. The fourth-order valence-corrected chi connectivity index (χ4v) is 2.68. The molecule has 0 saturated carbocycles. The first kappa shape index (κ1) is 18.2. The second kappa shape index (κ2) is 7.59. The van der Waals surface area contributed by atoms with Crippen LogP contribution in [-0.4, -0.2) is 5.60 Å². The predicted molar refractivity (Wildman–Crippen MR) is 108 cm³/mol. The molecule has 3 aromatic rings. The zero-order valence-corrected chi connectivity index (χ0v) is 15.4. The fourth-order valence-electron chi connectivity index (χ4n) is 2.68. The topological polar surface area (TPSA) is 9.23 Å². The monoisotopic (exact) mass is 336 g/mol. The highest BCUT2D eigenvalue weighted by molar-refractivity contribution is 7.59. The highest BCUT2D eigenvalue weighted by Gasteiger charge is 2.13. The van der Waals surface area contributed by atoms with E-state index in [1.54, 1.807) is 0 Å². The van der Waals surface area contributed by atoms with E-state index < -0.39 is 0 Å². The maximum Gasteiger partial charge on any atom is 0.120 e. The molecule has 0 saturated heterocycles. The Labute approximate surface area is 151 Å². The summed E-state index contributed by atoms with van der Waals surface area (Å²) in [7, 11) is 0. The Balaban J connectivity index is 0.00000208. The van der Waals surface area contributed by atoms with E-state index in [1.165, 1.54) is 22.3 Å². The molecule has 0 N–H and O–H groups in total. The maximum absolute atomic E-state index is 6.01. The van der Waals surface area contributed by atoms with Gasteiger partial charge in [0, 0.05) is 0 Å². The molecule has 0 aromatic heterocycles. The van der Waals surface area contributed by atoms with Gasteiger partial charge in [-0.2, -0.15) is 13.5 Å². The summed E-state index contributed by atoms with van der Waals surface area (Å²) >= 11 is 0. The van der Waals surface area contributed by atoms with E-state index in [0.717, 1.165) is 5.75 Å². The lowest BCUT2D eigenvalue weighted by molar-refractivity contribution is 0.131. The first-order chi connectivity index (χ1) is 11.0. The number of benzene rings is 3. The second-order valence-electron chi connectivity index (χ2n) is 6.65. The van der Waals surface area contributed by atoms with Crippen molar-refractivity contribution >= 4 is 13.5 Å². The lowest BCUT2D eigenvalue weighted by Gasteiger charge is -2.22. The van der Waals surface area contributed by atoms with Crippen LogP contribution in [0.3, 0.4) is 0 Å². The van der Waals surface area contributed by atoms with Gasteiger partial charge >= 0.3 is 0 Å². The van der Waals surface area contributed by atoms with Crippen molar-refractivity contribution < 1.29 is 4.74 Å². The van der Waals surface area contributed by atoms with Gasteiger partial charge in [0.05, 0.1) is 0 Å². The summed E-state index contributed by atoms with van der Waals surface area (Å²) in [5.74, 6) is 0.901. The summed E-state index contributed by atoms with van der Waals surface area (Å²) < 4.78 is 6.01. The summed E-state index contributed by atoms with van der Waals surface area (Å²) in [6.45, 7) is 6.20. The minimum absolute atomic E-state index is 0. The third-order valence-electron chi connectivity index (χ3n) is 3.58. The van der Waals surface area contributed by atoms with E-state index in [1.807, 2.05) is 12.1 Å². The molecule has 0 bridgehead atoms. The zero-order valence-electron chi connectivity index (χ0n) is 14.4. The van der Waals surface area contributed by atoms with Gasteiger partial charge in [-0.25, -0.2) is 0 Å². The average Bonchev–Trinajstić information content (AvgIpc) is 2.54. The number of hydrogen-bond acceptors (Lipinski definition) is 1. The van der Waals surface area contributed by atoms with Crippen LogP contribution < -0.4 is 4.74 Å². The second-order valence-corrected chi connectivity index (χ2v) is 6.65. The Morgan fingerprint density at radius 3 is 1.79 bits per heavy atom. The summed E-state index contributed by atoms with van der Waals surface area (Å²) in [6.07, 6.45) is 0. The van der Waals surface area contributed by atoms with Crippen LogP contribution in [0.1, 0.15) is 20.8 Å². The van der Waals surface area contributed by atoms with Crippen LogP contribution in [-0.2, 0) is 0 Å². The minimum Gasteiger partial charge on any atom is -0.488 e. The Bertz CT molecular complexity index is 788. The Morgan fingerprint density at radius 2 is 1.17 bits per heavy atom. The van der Waals surface area contributed by atoms with Crippen molar-refractivity contribution in [3.63, 3.8) is 0 Å². The Kier molecular flexibility index (Phi) is 5.74. The van der Waals surface area contributed by atoms with Crippen LogP contribution in [0.15, 0.2) is 78.9 Å². The SMILES string of the molecule is CC(C)(C)Oc1cccc(-c2ccccc2-c2ccccc2)c1.S. The minimum atomic E-state index is -0.197. The fraction of sp³-hybridized carbons (Fsp3) is 0.182. The Hall–Kier alpha value is -2.19. The van der Waals surface area contributed by atoms with E-state index in [9.17, 15) is 0 Å². The van der Waals surface area contributed by atoms with E-state index >= 15 is 0 Å². The van der Waals surface area contributed by atoms with Crippen LogP contribution in [0.4, 0.5) is 0 Å². The molecule has 0 fully saturated rings. The zero-order chi connectivity index (χ0) is 16.3. The van der Waals surface area contributed by atoms with Gasteiger partial charge in [0.1, 0.15) is 11.4 Å². The molecule has 0 radical (unpaired) electrons. The molecule has 1 nitrogen and oxygen atoms in total. The van der Waals surface area contributed by atoms with Crippen molar-refractivity contribution in [3.05, 3.63) is 78.9 Å². The van der Waals surface area contributed by atoms with Crippen LogP contribution in [0.25, 0.3) is 22.3 Å². The normalized spacial score (nSPS) is 10.8. The largest absolute Gasteiger partial charge is 0.488 e. The van der Waals surface area contributed by atoms with Gasteiger partial charge in [-0.3, -0.25) is 0 Å². The van der Waals surface area contributed by atoms with Crippen molar-refractivity contribution in [1.29, 1.82) is 0 Å². The third kappa shape index (κ3) is 4.42. The van der Waals surface area contributed by atoms with E-state index in [4.69, 9.17) is 4.74 Å². The van der Waals surface area contributed by atoms with Gasteiger partial charge in [-0.1, -0.05) is 66.7 Å². The van der Waals surface area contributed by atoms with Crippen molar-refractivity contribution in [2.24, 2.45) is 0 Å². The molecule has 2 heteroatoms. The van der Waals surface area contributed by atoms with Gasteiger partial charge in [0.15, 0.2) is 0 Å². The molecule has 0 aliphatic carbocycles. The van der Waals surface area contributed by atoms with E-state index in [2.05, 4.69) is 87.5 Å². The molecule has 24 heavy (non-hydrogen) atoms. The van der Waals surface area contributed by atoms with Gasteiger partial charge in [0.2, 0.25) is 0 Å². The maximum atomic E-state index is 6.01. The number of rotatable bonds is 3. The molecule has 0 atom stereocenters. The molecular formula is C22H24OS. The smallest absolute Gasteiger partial charge is 0.120 e. The average molecular weight is 336 g/mol. The molecule has 0 heterocycles. The van der Waals surface area contributed by atoms with Crippen LogP contribution in [0, 0.1) is 0 Å². The van der Waals surface area contributed by atoms with E-state index in [0.29, 0.717) is 0 Å². The van der Waals surface area contributed by atoms with Crippen molar-refractivity contribution in [3.8, 4) is 28.0 Å². The van der Waals surface area contributed by atoms with Gasteiger partial charge < -0.3 is 4.74 Å². The predicted octanol–water partition coefficient (Wildman–Crippen LogP) is 6.31. The molecule has 3 rings (SSSR count). The quantitative estimate of drug-likeness (QED) is 0.544. The van der Waals surface area contributed by atoms with E-state index in [-0.39, 0.29) is 19.1 Å². The van der Waals surface area contributed by atoms with Crippen LogP contribution in [0.2, 0.25) is 0 Å². The lowest BCUT2D eigenvalue weighted by Crippen LogP contribution is -2.22. The molecule has 0 spiro atoms. The first-order valence-corrected chi connectivity index (χ1v) is 7.97. The van der Waals surface area contributed by atoms with Gasteiger partial charge in [-0.15, -0.1) is 0 Å². The summed E-state index contributed by atoms with van der Waals surface area (Å²) in [5.41, 5.74) is 4.66. The highest BCUT2D eigenvalue weighted by Crippen LogP contribution is 2.33. The first-order valence-electron chi connectivity index (χ1n) is 7.97. The Morgan fingerprint density at radius 1 is 0.625 bits per heavy atom. The number of hydrogen-bond donors (Lipinski definition) is 0. The van der Waals surface area contributed by atoms with Crippen molar-refractivity contribution in [1.82, 2.24) is 0 Å². The highest BCUT2D eigenvalue weighted by atomic mass is 32.1. The summed E-state index contributed by atoms with van der Waals surface area (Å²) in [5, 5.41) is 0. The molecule has 3 aromatic carbocycles. The molecule has 0 aliphatic heterocycles. The molecular weight excluding hydrogens is 312 g/mol. The van der Waals surface area contributed by atoms with Crippen LogP contribution >= 0.6 is 13.5 Å². The van der Waals surface area contributed by atoms with Crippen molar-refractivity contribution in [2.75, 3.05) is 0 Å². The van der Waals surface area contributed by atoms with Gasteiger partial charge in [0.25, 0.3) is 0 Å². The summed E-state index contributed by atoms with van der Waals surface area (Å²) in [6, 6.07) is 27.3. The van der Waals surface area contributed by atoms with Crippen molar-refractivity contribution in [2.45, 2.75) is 26.4 Å². The summed E-state index contributed by atoms with van der Waals surface area (Å²) in [4.78, 5) is 0.